The molecule has 1 aliphatic carbocycles. The Morgan fingerprint density at radius 1 is 1.15 bits per heavy atom. The van der Waals surface area contributed by atoms with Crippen LogP contribution in [-0.4, -0.2) is 70.8 Å². The smallest absolute Gasteiger partial charge is 0.251 e. The summed E-state index contributed by atoms with van der Waals surface area (Å²) >= 11 is 0. The number of ether oxygens (including phenoxy) is 2. The molecular formula is C29H31FN6O3. The minimum absolute atomic E-state index is 0.0460. The SMILES string of the molecule is Cc1cc(-c2cnc3c(NCCN4CCOCC4)cc(Oc4cccc(F)c4)nn23)ccc1C(=O)NC1CC1. The molecule has 4 aromatic rings. The van der Waals surface area contributed by atoms with Crippen molar-refractivity contribution in [3.63, 3.8) is 0 Å². The Bertz CT molecular complexity index is 1500. The predicted octanol–water partition coefficient (Wildman–Crippen LogP) is 4.27. The van der Waals surface area contributed by atoms with E-state index in [1.54, 1.807) is 28.9 Å². The summed E-state index contributed by atoms with van der Waals surface area (Å²) in [4.78, 5) is 19.6. The molecule has 202 valence electrons. The van der Waals surface area contributed by atoms with Gasteiger partial charge in [0.25, 0.3) is 5.91 Å². The van der Waals surface area contributed by atoms with Gasteiger partial charge in [0.2, 0.25) is 5.88 Å². The van der Waals surface area contributed by atoms with Crippen molar-refractivity contribution in [3.05, 3.63) is 71.7 Å². The third-order valence-electron chi connectivity index (χ3n) is 6.99. The topological polar surface area (TPSA) is 93.0 Å². The molecule has 2 aromatic heterocycles. The van der Waals surface area contributed by atoms with E-state index in [9.17, 15) is 9.18 Å². The molecule has 2 N–H and O–H groups in total. The first-order valence-corrected chi connectivity index (χ1v) is 13.3. The van der Waals surface area contributed by atoms with Gasteiger partial charge >= 0.3 is 0 Å². The first-order chi connectivity index (χ1) is 19.0. The number of anilines is 1. The maximum atomic E-state index is 13.8. The van der Waals surface area contributed by atoms with Crippen molar-refractivity contribution >= 4 is 17.2 Å². The number of halogens is 1. The number of carbonyl (C=O) groups excluding carboxylic acids is 1. The number of hydrogen-bond donors (Lipinski definition) is 2. The molecule has 2 fully saturated rings. The summed E-state index contributed by atoms with van der Waals surface area (Å²) in [5, 5.41) is 11.2. The van der Waals surface area contributed by atoms with E-state index in [4.69, 9.17) is 14.6 Å². The summed E-state index contributed by atoms with van der Waals surface area (Å²) in [7, 11) is 0. The normalized spacial score (nSPS) is 15.8. The Balaban J connectivity index is 1.31. The fraction of sp³-hybridized carbons (Fsp3) is 0.345. The van der Waals surface area contributed by atoms with Crippen molar-refractivity contribution in [3.8, 4) is 22.9 Å². The number of morpholine rings is 1. The monoisotopic (exact) mass is 530 g/mol. The number of nitrogens with zero attached hydrogens (tertiary/aromatic N) is 4. The number of amides is 1. The number of benzene rings is 2. The Morgan fingerprint density at radius 2 is 2.00 bits per heavy atom. The van der Waals surface area contributed by atoms with Crippen LogP contribution in [0.25, 0.3) is 16.9 Å². The average molecular weight is 531 g/mol. The van der Waals surface area contributed by atoms with Crippen LogP contribution in [0, 0.1) is 12.7 Å². The maximum Gasteiger partial charge on any atom is 0.251 e. The van der Waals surface area contributed by atoms with E-state index < -0.39 is 0 Å². The fourth-order valence-corrected chi connectivity index (χ4v) is 4.72. The highest BCUT2D eigenvalue weighted by molar-refractivity contribution is 5.96. The molecule has 1 saturated heterocycles. The number of aromatic nitrogens is 3. The standard InChI is InChI=1S/C29H31FN6O3/c1-19-15-20(5-8-24(19)29(37)33-22-6-7-22)26-18-32-28-25(31-9-10-35-11-13-38-14-12-35)17-27(34-36(26)28)39-23-4-2-3-21(30)16-23/h2-5,8,15-18,22,31H,6-7,9-14H2,1H3,(H,33,37). The zero-order valence-electron chi connectivity index (χ0n) is 21.8. The Hall–Kier alpha value is -4.02. The van der Waals surface area contributed by atoms with Gasteiger partial charge in [0.05, 0.1) is 30.8 Å². The lowest BCUT2D eigenvalue weighted by molar-refractivity contribution is 0.0398. The van der Waals surface area contributed by atoms with E-state index in [0.29, 0.717) is 35.4 Å². The number of fused-ring (bicyclic) bond motifs is 1. The second-order valence-corrected chi connectivity index (χ2v) is 9.99. The molecule has 1 amide bonds. The van der Waals surface area contributed by atoms with Crippen molar-refractivity contribution in [2.45, 2.75) is 25.8 Å². The molecule has 0 atom stereocenters. The molecular weight excluding hydrogens is 499 g/mol. The molecule has 0 bridgehead atoms. The third-order valence-corrected chi connectivity index (χ3v) is 6.99. The van der Waals surface area contributed by atoms with Gasteiger partial charge in [-0.25, -0.2) is 13.9 Å². The lowest BCUT2D eigenvalue weighted by atomic mass is 10.0. The molecule has 39 heavy (non-hydrogen) atoms. The lowest BCUT2D eigenvalue weighted by Gasteiger charge is -2.26. The zero-order valence-corrected chi connectivity index (χ0v) is 21.8. The second kappa shape index (κ2) is 11.0. The van der Waals surface area contributed by atoms with E-state index in [1.165, 1.54) is 12.1 Å². The molecule has 9 nitrogen and oxygen atoms in total. The lowest BCUT2D eigenvalue weighted by Crippen LogP contribution is -2.39. The molecule has 0 radical (unpaired) electrons. The van der Waals surface area contributed by atoms with Gasteiger partial charge in [-0.15, -0.1) is 5.10 Å². The van der Waals surface area contributed by atoms with Gasteiger partial charge in [-0.2, -0.15) is 0 Å². The summed E-state index contributed by atoms with van der Waals surface area (Å²) in [6.45, 7) is 6.79. The van der Waals surface area contributed by atoms with Gasteiger partial charge < -0.3 is 20.1 Å². The van der Waals surface area contributed by atoms with Crippen LogP contribution in [0.5, 0.6) is 11.6 Å². The van der Waals surface area contributed by atoms with Crippen LogP contribution in [0.4, 0.5) is 10.1 Å². The first kappa shape index (κ1) is 25.3. The number of hydrogen-bond acceptors (Lipinski definition) is 7. The minimum atomic E-state index is -0.387. The third kappa shape index (κ3) is 5.86. The number of rotatable bonds is 9. The highest BCUT2D eigenvalue weighted by atomic mass is 19.1. The summed E-state index contributed by atoms with van der Waals surface area (Å²) in [6, 6.07) is 13.8. The van der Waals surface area contributed by atoms with E-state index in [0.717, 1.165) is 68.2 Å². The maximum absolute atomic E-state index is 13.8. The average Bonchev–Trinajstić information content (AvgIpc) is 3.64. The van der Waals surface area contributed by atoms with Crippen LogP contribution in [0.3, 0.4) is 0 Å². The van der Waals surface area contributed by atoms with E-state index in [-0.39, 0.29) is 11.7 Å². The van der Waals surface area contributed by atoms with E-state index in [2.05, 4.69) is 20.5 Å². The molecule has 1 saturated carbocycles. The summed E-state index contributed by atoms with van der Waals surface area (Å²) in [5.41, 5.74) is 4.56. The molecule has 3 heterocycles. The van der Waals surface area contributed by atoms with Crippen LogP contribution in [0.1, 0.15) is 28.8 Å². The van der Waals surface area contributed by atoms with Crippen molar-refractivity contribution in [2.24, 2.45) is 0 Å². The number of imidazole rings is 1. The molecule has 0 unspecified atom stereocenters. The van der Waals surface area contributed by atoms with Gasteiger partial charge in [0.1, 0.15) is 11.6 Å². The first-order valence-electron chi connectivity index (χ1n) is 13.3. The van der Waals surface area contributed by atoms with Crippen molar-refractivity contribution in [2.75, 3.05) is 44.7 Å². The van der Waals surface area contributed by atoms with Gasteiger partial charge in [-0.1, -0.05) is 12.1 Å². The van der Waals surface area contributed by atoms with Crippen molar-refractivity contribution in [1.82, 2.24) is 24.8 Å². The van der Waals surface area contributed by atoms with Gasteiger partial charge in [0.15, 0.2) is 5.65 Å². The molecule has 2 aromatic carbocycles. The highest BCUT2D eigenvalue weighted by Crippen LogP contribution is 2.30. The molecule has 2 aliphatic rings. The minimum Gasteiger partial charge on any atom is -0.437 e. The van der Waals surface area contributed by atoms with Crippen LogP contribution < -0.4 is 15.4 Å². The van der Waals surface area contributed by atoms with Crippen LogP contribution in [0.2, 0.25) is 0 Å². The fourth-order valence-electron chi connectivity index (χ4n) is 4.72. The Labute approximate surface area is 225 Å². The molecule has 10 heteroatoms. The Morgan fingerprint density at radius 3 is 2.77 bits per heavy atom. The summed E-state index contributed by atoms with van der Waals surface area (Å²) < 4.78 is 26.9. The predicted molar refractivity (Wildman–Crippen MR) is 146 cm³/mol. The second-order valence-electron chi connectivity index (χ2n) is 9.99. The van der Waals surface area contributed by atoms with Crippen LogP contribution in [0.15, 0.2) is 54.7 Å². The quantitative estimate of drug-likeness (QED) is 0.334. The zero-order chi connectivity index (χ0) is 26.8. The van der Waals surface area contributed by atoms with Gasteiger partial charge in [-0.05, 0) is 49.6 Å². The number of carbonyl (C=O) groups is 1. The van der Waals surface area contributed by atoms with Crippen LogP contribution in [-0.2, 0) is 4.74 Å². The van der Waals surface area contributed by atoms with Gasteiger partial charge in [0, 0.05) is 55.5 Å². The molecule has 0 spiro atoms. The van der Waals surface area contributed by atoms with Gasteiger partial charge in [-0.3, -0.25) is 9.69 Å². The summed E-state index contributed by atoms with van der Waals surface area (Å²) in [5.74, 6) is 0.223. The Kier molecular flexibility index (Phi) is 7.12. The largest absolute Gasteiger partial charge is 0.437 e. The van der Waals surface area contributed by atoms with E-state index in [1.807, 2.05) is 25.1 Å². The van der Waals surface area contributed by atoms with Crippen LogP contribution >= 0.6 is 0 Å². The molecule has 6 rings (SSSR count). The van der Waals surface area contributed by atoms with Crippen molar-refractivity contribution < 1.29 is 18.7 Å². The number of aryl methyl sites for hydroxylation is 1. The van der Waals surface area contributed by atoms with Crippen molar-refractivity contribution in [1.29, 1.82) is 0 Å². The summed E-state index contributed by atoms with van der Waals surface area (Å²) in [6.07, 6.45) is 3.85. The van der Waals surface area contributed by atoms with E-state index >= 15 is 0 Å². The highest BCUT2D eigenvalue weighted by Gasteiger charge is 2.24. The number of nitrogens with one attached hydrogen (secondary N) is 2. The molecule has 1 aliphatic heterocycles.